The maximum atomic E-state index is 5.51. The van der Waals surface area contributed by atoms with Crippen LogP contribution < -0.4 is 0 Å². The summed E-state index contributed by atoms with van der Waals surface area (Å²) >= 11 is 11.0. The molecule has 10 heavy (non-hydrogen) atoms. The van der Waals surface area contributed by atoms with Crippen molar-refractivity contribution in [3.63, 3.8) is 0 Å². The number of aliphatic imine (C=N–C) groups is 1. The molecule has 0 heterocycles. The molecule has 0 saturated carbocycles. The summed E-state index contributed by atoms with van der Waals surface area (Å²) in [6, 6.07) is 0. The van der Waals surface area contributed by atoms with E-state index in [1.165, 1.54) is 0 Å². The van der Waals surface area contributed by atoms with E-state index < -0.39 is 0 Å². The lowest BCUT2D eigenvalue weighted by molar-refractivity contribution is 1.39. The number of hydrogen-bond acceptors (Lipinski definition) is 1. The Bertz CT molecular complexity index is 170. The van der Waals surface area contributed by atoms with Gasteiger partial charge in [-0.3, -0.25) is 4.99 Å². The summed E-state index contributed by atoms with van der Waals surface area (Å²) in [5, 5.41) is 0.379. The minimum Gasteiger partial charge on any atom is -0.252 e. The predicted molar refractivity (Wildman–Crippen MR) is 48.0 cm³/mol. The normalized spacial score (nSPS) is 13.5. The third kappa shape index (κ3) is 4.59. The molecular weight excluding hydrogens is 169 g/mol. The van der Waals surface area contributed by atoms with Gasteiger partial charge in [-0.2, -0.15) is 0 Å². The van der Waals surface area contributed by atoms with E-state index in [0.717, 1.165) is 5.57 Å². The Balaban J connectivity index is 4.03. The van der Waals surface area contributed by atoms with E-state index in [1.807, 2.05) is 13.0 Å². The van der Waals surface area contributed by atoms with Gasteiger partial charge in [-0.1, -0.05) is 23.3 Å². The molecule has 0 aliphatic rings. The minimum atomic E-state index is 0.379. The van der Waals surface area contributed by atoms with Crippen molar-refractivity contribution in [1.82, 2.24) is 0 Å². The van der Waals surface area contributed by atoms with Crippen molar-refractivity contribution in [3.8, 4) is 0 Å². The minimum absolute atomic E-state index is 0.379. The summed E-state index contributed by atoms with van der Waals surface area (Å²) in [6.45, 7) is 5.17. The smallest absolute Gasteiger partial charge is 0.128 e. The number of nitrogens with zero attached hydrogens (tertiary/aromatic N) is 1. The fraction of sp³-hybridized carbons (Fsp3) is 0.286. The number of rotatable bonds is 3. The molecule has 0 aliphatic heterocycles. The van der Waals surface area contributed by atoms with Gasteiger partial charge in [0, 0.05) is 5.88 Å². The highest BCUT2D eigenvalue weighted by molar-refractivity contribution is 6.29. The summed E-state index contributed by atoms with van der Waals surface area (Å²) in [5.74, 6) is 0.512. The fourth-order valence-electron chi connectivity index (χ4n) is 0.308. The molecule has 0 rings (SSSR count). The Labute approximate surface area is 71.1 Å². The van der Waals surface area contributed by atoms with E-state index in [0.29, 0.717) is 11.0 Å². The Kier molecular flexibility index (Phi) is 5.36. The van der Waals surface area contributed by atoms with Gasteiger partial charge in [0.15, 0.2) is 0 Å². The zero-order valence-electron chi connectivity index (χ0n) is 5.77. The second-order valence-corrected chi connectivity index (χ2v) is 2.45. The van der Waals surface area contributed by atoms with Crippen molar-refractivity contribution in [3.05, 3.63) is 22.9 Å². The SMILES string of the molecule is C=N/C(Cl)=C\C=C(/C)CCl. The Hall–Kier alpha value is -0.270. The highest BCUT2D eigenvalue weighted by Crippen LogP contribution is 2.03. The first-order chi connectivity index (χ1) is 4.70. The molecule has 0 aromatic rings. The Morgan fingerprint density at radius 1 is 1.60 bits per heavy atom. The molecule has 0 radical (unpaired) electrons. The second kappa shape index (κ2) is 5.51. The topological polar surface area (TPSA) is 12.4 Å². The predicted octanol–water partition coefficient (Wildman–Crippen LogP) is 2.95. The van der Waals surface area contributed by atoms with E-state index in [2.05, 4.69) is 11.7 Å². The summed E-state index contributed by atoms with van der Waals surface area (Å²) in [7, 11) is 0. The van der Waals surface area contributed by atoms with Gasteiger partial charge in [0.25, 0.3) is 0 Å². The Morgan fingerprint density at radius 2 is 2.20 bits per heavy atom. The molecule has 0 N–H and O–H groups in total. The van der Waals surface area contributed by atoms with Gasteiger partial charge in [0.2, 0.25) is 0 Å². The van der Waals surface area contributed by atoms with E-state index in [9.17, 15) is 0 Å². The standard InChI is InChI=1S/C7H9Cl2N/c1-6(5-8)3-4-7(9)10-2/h3-4H,2,5H2,1H3/b6-3+,7-4-. The van der Waals surface area contributed by atoms with Gasteiger partial charge in [-0.25, -0.2) is 0 Å². The highest BCUT2D eigenvalue weighted by Gasteiger charge is 1.83. The van der Waals surface area contributed by atoms with E-state index in [4.69, 9.17) is 23.2 Å². The lowest BCUT2D eigenvalue weighted by atomic mass is 10.3. The van der Waals surface area contributed by atoms with Crippen LogP contribution >= 0.6 is 23.2 Å². The summed E-state index contributed by atoms with van der Waals surface area (Å²) in [4.78, 5) is 3.48. The number of alkyl halides is 1. The summed E-state index contributed by atoms with van der Waals surface area (Å²) in [5.41, 5.74) is 1.04. The van der Waals surface area contributed by atoms with E-state index in [-0.39, 0.29) is 0 Å². The number of allylic oxidation sites excluding steroid dienone is 3. The summed E-state index contributed by atoms with van der Waals surface area (Å²) in [6.07, 6.45) is 3.47. The molecule has 0 bridgehead atoms. The first-order valence-corrected chi connectivity index (χ1v) is 3.67. The van der Waals surface area contributed by atoms with Crippen molar-refractivity contribution >= 4 is 29.9 Å². The lowest BCUT2D eigenvalue weighted by Crippen LogP contribution is -1.73. The lowest BCUT2D eigenvalue weighted by Gasteiger charge is -1.87. The molecule has 0 aromatic heterocycles. The zero-order valence-corrected chi connectivity index (χ0v) is 7.28. The molecule has 0 saturated heterocycles. The molecular formula is C7H9Cl2N. The molecule has 0 unspecified atom stereocenters. The van der Waals surface area contributed by atoms with Crippen molar-refractivity contribution in [2.24, 2.45) is 4.99 Å². The molecule has 0 fully saturated rings. The van der Waals surface area contributed by atoms with Crippen molar-refractivity contribution < 1.29 is 0 Å². The van der Waals surface area contributed by atoms with Crippen LogP contribution in [0.3, 0.4) is 0 Å². The van der Waals surface area contributed by atoms with Crippen molar-refractivity contribution in [2.75, 3.05) is 5.88 Å². The van der Waals surface area contributed by atoms with Crippen LogP contribution in [0.4, 0.5) is 0 Å². The fourth-order valence-corrected chi connectivity index (χ4v) is 0.460. The van der Waals surface area contributed by atoms with Gasteiger partial charge in [-0.15, -0.1) is 11.6 Å². The van der Waals surface area contributed by atoms with Gasteiger partial charge in [0.05, 0.1) is 0 Å². The number of halogens is 2. The van der Waals surface area contributed by atoms with Gasteiger partial charge in [-0.05, 0) is 19.7 Å². The van der Waals surface area contributed by atoms with Crippen LogP contribution in [-0.2, 0) is 0 Å². The average Bonchev–Trinajstić information content (AvgIpc) is 1.99. The molecule has 1 nitrogen and oxygen atoms in total. The van der Waals surface area contributed by atoms with Crippen LogP contribution in [-0.4, -0.2) is 12.6 Å². The van der Waals surface area contributed by atoms with Crippen LogP contribution in [0.5, 0.6) is 0 Å². The zero-order chi connectivity index (χ0) is 7.98. The Morgan fingerprint density at radius 3 is 2.60 bits per heavy atom. The molecule has 0 aliphatic carbocycles. The van der Waals surface area contributed by atoms with Crippen LogP contribution in [0, 0.1) is 0 Å². The van der Waals surface area contributed by atoms with Gasteiger partial charge in [0.1, 0.15) is 5.16 Å². The first-order valence-electron chi connectivity index (χ1n) is 2.76. The van der Waals surface area contributed by atoms with Crippen LogP contribution in [0.2, 0.25) is 0 Å². The maximum absolute atomic E-state index is 5.51. The third-order valence-corrected chi connectivity index (χ3v) is 1.53. The summed E-state index contributed by atoms with van der Waals surface area (Å²) < 4.78 is 0. The highest BCUT2D eigenvalue weighted by atomic mass is 35.5. The quantitative estimate of drug-likeness (QED) is 0.272. The average molecular weight is 178 g/mol. The largest absolute Gasteiger partial charge is 0.252 e. The van der Waals surface area contributed by atoms with Crippen LogP contribution in [0.15, 0.2) is 27.9 Å². The van der Waals surface area contributed by atoms with E-state index in [1.54, 1.807) is 6.08 Å². The van der Waals surface area contributed by atoms with Crippen LogP contribution in [0.1, 0.15) is 6.92 Å². The molecule has 0 amide bonds. The van der Waals surface area contributed by atoms with Gasteiger partial charge < -0.3 is 0 Å². The molecule has 0 aromatic carbocycles. The first kappa shape index (κ1) is 9.73. The number of hydrogen-bond donors (Lipinski definition) is 0. The van der Waals surface area contributed by atoms with E-state index >= 15 is 0 Å². The van der Waals surface area contributed by atoms with Crippen LogP contribution in [0.25, 0.3) is 0 Å². The molecule has 3 heteroatoms. The van der Waals surface area contributed by atoms with Crippen molar-refractivity contribution in [2.45, 2.75) is 6.92 Å². The third-order valence-electron chi connectivity index (χ3n) is 0.867. The monoisotopic (exact) mass is 177 g/mol. The maximum Gasteiger partial charge on any atom is 0.128 e. The van der Waals surface area contributed by atoms with Crippen molar-refractivity contribution in [1.29, 1.82) is 0 Å². The van der Waals surface area contributed by atoms with Gasteiger partial charge >= 0.3 is 0 Å². The second-order valence-electron chi connectivity index (χ2n) is 1.79. The molecule has 0 spiro atoms. The molecule has 0 atom stereocenters. The molecule has 56 valence electrons.